The van der Waals surface area contributed by atoms with Crippen molar-refractivity contribution in [3.63, 3.8) is 0 Å². The number of likely N-dealkylation sites (tertiary alicyclic amines) is 2. The van der Waals surface area contributed by atoms with Gasteiger partial charge in [0, 0.05) is 39.0 Å². The quantitative estimate of drug-likeness (QED) is 0.690. The summed E-state index contributed by atoms with van der Waals surface area (Å²) in [6, 6.07) is 9.83. The number of aliphatic hydroxyl groups excluding tert-OH is 1. The highest BCUT2D eigenvalue weighted by atomic mass is 16.4. The van der Waals surface area contributed by atoms with E-state index in [0.29, 0.717) is 38.9 Å². The molecular formula is C22H30N2O5. The van der Waals surface area contributed by atoms with Crippen LogP contribution in [-0.4, -0.2) is 70.1 Å². The maximum absolute atomic E-state index is 12.7. The Balaban J connectivity index is 1.60. The average molecular weight is 402 g/mol. The van der Waals surface area contributed by atoms with E-state index in [1.807, 2.05) is 30.3 Å². The molecule has 2 aliphatic heterocycles. The number of aryl methyl sites for hydroxylation is 1. The molecule has 7 nitrogen and oxygen atoms in total. The van der Waals surface area contributed by atoms with Gasteiger partial charge in [-0.15, -0.1) is 0 Å². The van der Waals surface area contributed by atoms with Crippen molar-refractivity contribution in [3.8, 4) is 0 Å². The summed E-state index contributed by atoms with van der Waals surface area (Å²) < 4.78 is 0. The molecule has 1 aromatic carbocycles. The largest absolute Gasteiger partial charge is 0.481 e. The Kier molecular flexibility index (Phi) is 6.90. The van der Waals surface area contributed by atoms with Crippen molar-refractivity contribution in [3.05, 3.63) is 35.9 Å². The molecule has 2 fully saturated rings. The molecule has 0 unspecified atom stereocenters. The van der Waals surface area contributed by atoms with Gasteiger partial charge >= 0.3 is 5.97 Å². The summed E-state index contributed by atoms with van der Waals surface area (Å²) in [5.74, 6) is -1.12. The van der Waals surface area contributed by atoms with Crippen molar-refractivity contribution in [1.82, 2.24) is 9.80 Å². The molecule has 0 radical (unpaired) electrons. The molecule has 2 heterocycles. The lowest BCUT2D eigenvalue weighted by Gasteiger charge is -2.43. The van der Waals surface area contributed by atoms with Crippen molar-refractivity contribution in [2.24, 2.45) is 5.41 Å². The third-order valence-corrected chi connectivity index (χ3v) is 6.26. The number of amides is 2. The Bertz CT molecular complexity index is 738. The minimum atomic E-state index is -1.34. The van der Waals surface area contributed by atoms with Crippen LogP contribution >= 0.6 is 0 Å². The van der Waals surface area contributed by atoms with Crippen LogP contribution in [0.15, 0.2) is 30.3 Å². The van der Waals surface area contributed by atoms with Gasteiger partial charge in [-0.05, 0) is 37.7 Å². The molecule has 0 saturated carbocycles. The fourth-order valence-corrected chi connectivity index (χ4v) is 4.44. The number of hydrogen-bond donors (Lipinski definition) is 2. The summed E-state index contributed by atoms with van der Waals surface area (Å²) in [5, 5.41) is 20.5. The molecule has 2 atom stereocenters. The third kappa shape index (κ3) is 4.96. The van der Waals surface area contributed by atoms with Gasteiger partial charge in [-0.1, -0.05) is 30.3 Å². The van der Waals surface area contributed by atoms with Gasteiger partial charge in [0.25, 0.3) is 0 Å². The molecule has 3 rings (SSSR count). The summed E-state index contributed by atoms with van der Waals surface area (Å²) in [6.07, 6.45) is 2.51. The zero-order valence-electron chi connectivity index (χ0n) is 16.8. The van der Waals surface area contributed by atoms with E-state index in [0.717, 1.165) is 18.4 Å². The lowest BCUT2D eigenvalue weighted by molar-refractivity contribution is -0.167. The first-order valence-electron chi connectivity index (χ1n) is 10.4. The number of hydrogen-bond acceptors (Lipinski definition) is 4. The molecule has 0 aliphatic carbocycles. The van der Waals surface area contributed by atoms with Crippen LogP contribution < -0.4 is 0 Å². The maximum atomic E-state index is 12.7. The van der Waals surface area contributed by atoms with E-state index in [4.69, 9.17) is 0 Å². The molecule has 2 saturated heterocycles. The highest BCUT2D eigenvalue weighted by Gasteiger charge is 2.49. The Hall–Kier alpha value is -2.41. The second kappa shape index (κ2) is 9.39. The lowest BCUT2D eigenvalue weighted by Crippen LogP contribution is -2.57. The Labute approximate surface area is 171 Å². The first-order chi connectivity index (χ1) is 13.9. The van der Waals surface area contributed by atoms with Crippen LogP contribution in [0.25, 0.3) is 0 Å². The third-order valence-electron chi connectivity index (χ3n) is 6.26. The number of carboxylic acid groups (broad SMARTS) is 1. The highest BCUT2D eigenvalue weighted by molar-refractivity contribution is 5.82. The number of aliphatic carboxylic acids is 1. The number of piperidine rings is 1. The second-order valence-corrected chi connectivity index (χ2v) is 8.15. The van der Waals surface area contributed by atoms with Gasteiger partial charge in [-0.2, -0.15) is 0 Å². The zero-order valence-corrected chi connectivity index (χ0v) is 16.8. The lowest BCUT2D eigenvalue weighted by atomic mass is 9.73. The van der Waals surface area contributed by atoms with E-state index in [1.54, 1.807) is 9.80 Å². The predicted octanol–water partition coefficient (Wildman–Crippen LogP) is 1.69. The van der Waals surface area contributed by atoms with Gasteiger partial charge in [0.15, 0.2) is 0 Å². The van der Waals surface area contributed by atoms with E-state index in [2.05, 4.69) is 0 Å². The number of nitrogens with zero attached hydrogens (tertiary/aromatic N) is 2. The zero-order chi connectivity index (χ0) is 20.9. The monoisotopic (exact) mass is 402 g/mol. The molecule has 2 amide bonds. The number of aliphatic hydroxyl groups is 1. The normalized spacial score (nSPS) is 24.7. The van der Waals surface area contributed by atoms with Crippen molar-refractivity contribution in [1.29, 1.82) is 0 Å². The van der Waals surface area contributed by atoms with E-state index >= 15 is 0 Å². The molecular weight excluding hydrogens is 372 g/mol. The van der Waals surface area contributed by atoms with Crippen molar-refractivity contribution < 1.29 is 24.6 Å². The molecule has 0 aromatic heterocycles. The highest BCUT2D eigenvalue weighted by Crippen LogP contribution is 2.36. The topological polar surface area (TPSA) is 98.2 Å². The number of rotatable bonds is 8. The minimum absolute atomic E-state index is 0.0189. The fraction of sp³-hybridized carbons (Fsp3) is 0.591. The first kappa shape index (κ1) is 21.3. The fourth-order valence-electron chi connectivity index (χ4n) is 4.44. The minimum Gasteiger partial charge on any atom is -0.481 e. The SMILES string of the molecule is O=C1CCCN1CCC(=O)N1CC[C@H](O)[C@](CCCc2ccccc2)(C(=O)O)C1. The Morgan fingerprint density at radius 3 is 2.59 bits per heavy atom. The van der Waals surface area contributed by atoms with Gasteiger partial charge in [-0.3, -0.25) is 14.4 Å². The molecule has 1 aromatic rings. The smallest absolute Gasteiger partial charge is 0.314 e. The van der Waals surface area contributed by atoms with Crippen LogP contribution in [0, 0.1) is 5.41 Å². The molecule has 0 bridgehead atoms. The van der Waals surface area contributed by atoms with E-state index in [9.17, 15) is 24.6 Å². The van der Waals surface area contributed by atoms with Crippen molar-refractivity contribution >= 4 is 17.8 Å². The number of carbonyl (C=O) groups excluding carboxylic acids is 2. The molecule has 2 N–H and O–H groups in total. The van der Waals surface area contributed by atoms with Crippen LogP contribution in [0.4, 0.5) is 0 Å². The van der Waals surface area contributed by atoms with Crippen LogP contribution in [0.1, 0.15) is 44.1 Å². The van der Waals surface area contributed by atoms with Crippen LogP contribution in [0.2, 0.25) is 0 Å². The van der Waals surface area contributed by atoms with Crippen molar-refractivity contribution in [2.75, 3.05) is 26.2 Å². The summed E-state index contributed by atoms with van der Waals surface area (Å²) in [7, 11) is 0. The summed E-state index contributed by atoms with van der Waals surface area (Å²) in [5.41, 5.74) is -0.215. The first-order valence-corrected chi connectivity index (χ1v) is 10.4. The molecule has 2 aliphatic rings. The van der Waals surface area contributed by atoms with Crippen LogP contribution in [0.5, 0.6) is 0 Å². The summed E-state index contributed by atoms with van der Waals surface area (Å²) in [4.78, 5) is 39.8. The molecule has 158 valence electrons. The standard InChI is InChI=1S/C22H30N2O5/c25-18-10-14-24(20(27)11-15-23-13-5-9-19(23)26)16-22(18,21(28)29)12-4-8-17-6-2-1-3-7-17/h1-3,6-7,18,25H,4-5,8-16H2,(H,28,29)/t18-,22+/m0/s1. The molecule has 0 spiro atoms. The van der Waals surface area contributed by atoms with Crippen LogP contribution in [-0.2, 0) is 20.8 Å². The number of benzene rings is 1. The Morgan fingerprint density at radius 1 is 1.17 bits per heavy atom. The van der Waals surface area contributed by atoms with Gasteiger partial charge in [0.05, 0.1) is 6.10 Å². The summed E-state index contributed by atoms with van der Waals surface area (Å²) in [6.45, 7) is 1.43. The van der Waals surface area contributed by atoms with Gasteiger partial charge in [-0.25, -0.2) is 0 Å². The van der Waals surface area contributed by atoms with Gasteiger partial charge < -0.3 is 20.0 Å². The molecule has 7 heteroatoms. The average Bonchev–Trinajstić information content (AvgIpc) is 3.13. The maximum Gasteiger partial charge on any atom is 0.314 e. The number of carboxylic acids is 1. The van der Waals surface area contributed by atoms with Gasteiger partial charge in [0.1, 0.15) is 5.41 Å². The Morgan fingerprint density at radius 2 is 1.93 bits per heavy atom. The molecule has 29 heavy (non-hydrogen) atoms. The van der Waals surface area contributed by atoms with Gasteiger partial charge in [0.2, 0.25) is 11.8 Å². The second-order valence-electron chi connectivity index (χ2n) is 8.15. The van der Waals surface area contributed by atoms with E-state index in [1.165, 1.54) is 0 Å². The van der Waals surface area contributed by atoms with Crippen molar-refractivity contribution in [2.45, 2.75) is 51.0 Å². The van der Waals surface area contributed by atoms with E-state index < -0.39 is 17.5 Å². The predicted molar refractivity (Wildman–Crippen MR) is 107 cm³/mol. The summed E-state index contributed by atoms with van der Waals surface area (Å²) >= 11 is 0. The van der Waals surface area contributed by atoms with E-state index in [-0.39, 0.29) is 31.2 Å². The van der Waals surface area contributed by atoms with Crippen LogP contribution in [0.3, 0.4) is 0 Å². The number of carbonyl (C=O) groups is 3.